The summed E-state index contributed by atoms with van der Waals surface area (Å²) in [6, 6.07) is 12.3. The Hall–Kier alpha value is -2.92. The van der Waals surface area contributed by atoms with Crippen molar-refractivity contribution in [2.75, 3.05) is 0 Å². The molecule has 0 atom stereocenters. The highest BCUT2D eigenvalue weighted by Crippen LogP contribution is 2.27. The number of hydrogen-bond donors (Lipinski definition) is 2. The average Bonchev–Trinajstić information content (AvgIpc) is 3.38. The summed E-state index contributed by atoms with van der Waals surface area (Å²) < 4.78 is 1.06. The number of nitrogens with zero attached hydrogens (tertiary/aromatic N) is 2. The molecule has 0 saturated carbocycles. The molecule has 2 N–H and O–H groups in total. The lowest BCUT2D eigenvalue weighted by atomic mass is 10.3. The summed E-state index contributed by atoms with van der Waals surface area (Å²) in [6.45, 7) is 2.09. The normalized spacial score (nSPS) is 12.7. The Balaban J connectivity index is 1.90. The van der Waals surface area contributed by atoms with Gasteiger partial charge in [-0.15, -0.1) is 0 Å². The van der Waals surface area contributed by atoms with Gasteiger partial charge in [-0.3, -0.25) is 0 Å². The second kappa shape index (κ2) is 5.81. The largest absolute Gasteiger partial charge is 0.355 e. The van der Waals surface area contributed by atoms with E-state index in [1.165, 1.54) is 0 Å². The molecule has 0 unspecified atom stereocenters. The van der Waals surface area contributed by atoms with Gasteiger partial charge in [-0.1, -0.05) is 0 Å². The molecule has 3 aromatic heterocycles. The van der Waals surface area contributed by atoms with Crippen molar-refractivity contribution in [1.82, 2.24) is 19.9 Å². The van der Waals surface area contributed by atoms with Gasteiger partial charge in [-0.2, -0.15) is 0 Å². The number of aromatic nitrogens is 4. The maximum atomic E-state index is 4.68. The first-order valence-electron chi connectivity index (χ1n) is 8.37. The van der Waals surface area contributed by atoms with Crippen molar-refractivity contribution < 1.29 is 0 Å². The monoisotopic (exact) mass is 402 g/mol. The van der Waals surface area contributed by atoms with Crippen LogP contribution >= 0.6 is 15.9 Å². The zero-order valence-electron chi connectivity index (χ0n) is 14.0. The smallest absolute Gasteiger partial charge is 0.0659 e. The maximum Gasteiger partial charge on any atom is 0.0659 e. The molecule has 8 bridgehead atoms. The minimum Gasteiger partial charge on any atom is -0.355 e. The average molecular weight is 403 g/mol. The molecule has 0 fully saturated rings. The van der Waals surface area contributed by atoms with Crippen molar-refractivity contribution in [2.24, 2.45) is 0 Å². The fourth-order valence-electron chi connectivity index (χ4n) is 3.18. The predicted octanol–water partition coefficient (Wildman–Crippen LogP) is 5.73. The highest BCUT2D eigenvalue weighted by atomic mass is 79.9. The van der Waals surface area contributed by atoms with E-state index in [9.17, 15) is 0 Å². The lowest BCUT2D eigenvalue weighted by Crippen LogP contribution is -1.77. The molecule has 26 heavy (non-hydrogen) atoms. The van der Waals surface area contributed by atoms with Gasteiger partial charge in [0.1, 0.15) is 0 Å². The van der Waals surface area contributed by atoms with E-state index in [-0.39, 0.29) is 0 Å². The van der Waals surface area contributed by atoms with Crippen LogP contribution in [0.25, 0.3) is 46.4 Å². The van der Waals surface area contributed by atoms with Crippen molar-refractivity contribution >= 4 is 62.3 Å². The van der Waals surface area contributed by atoms with Crippen molar-refractivity contribution in [3.05, 3.63) is 69.2 Å². The zero-order valence-corrected chi connectivity index (χ0v) is 15.6. The van der Waals surface area contributed by atoms with Crippen LogP contribution in [0.3, 0.4) is 0 Å². The van der Waals surface area contributed by atoms with Crippen LogP contribution in [0, 0.1) is 6.92 Å². The number of fused-ring (bicyclic) bond motifs is 8. The molecule has 5 rings (SSSR count). The highest BCUT2D eigenvalue weighted by Gasteiger charge is 2.06. The van der Waals surface area contributed by atoms with Crippen molar-refractivity contribution in [1.29, 1.82) is 0 Å². The van der Waals surface area contributed by atoms with Crippen LogP contribution in [0.1, 0.15) is 28.3 Å². The van der Waals surface area contributed by atoms with E-state index in [2.05, 4.69) is 67.1 Å². The summed E-state index contributed by atoms with van der Waals surface area (Å²) in [5, 5.41) is 0. The Morgan fingerprint density at radius 2 is 1.27 bits per heavy atom. The Bertz CT molecular complexity index is 1260. The van der Waals surface area contributed by atoms with Gasteiger partial charge in [-0.05, 0) is 89.1 Å². The van der Waals surface area contributed by atoms with Gasteiger partial charge >= 0.3 is 0 Å². The molecule has 5 heteroatoms. The number of aryl methyl sites for hydroxylation is 1. The van der Waals surface area contributed by atoms with E-state index < -0.39 is 0 Å². The zero-order chi connectivity index (χ0) is 17.7. The molecule has 5 heterocycles. The predicted molar refractivity (Wildman–Crippen MR) is 111 cm³/mol. The lowest BCUT2D eigenvalue weighted by Gasteiger charge is -1.87. The number of aromatic amines is 2. The molecule has 0 radical (unpaired) electrons. The van der Waals surface area contributed by atoms with E-state index in [0.717, 1.165) is 54.9 Å². The minimum absolute atomic E-state index is 0.908. The first-order chi connectivity index (χ1) is 12.6. The second-order valence-electron chi connectivity index (χ2n) is 6.43. The van der Waals surface area contributed by atoms with Gasteiger partial charge < -0.3 is 9.97 Å². The van der Waals surface area contributed by atoms with Crippen LogP contribution in [-0.4, -0.2) is 19.9 Å². The maximum absolute atomic E-state index is 4.68. The number of rotatable bonds is 0. The number of halogens is 1. The number of nitrogens with one attached hydrogen (secondary N) is 2. The van der Waals surface area contributed by atoms with Crippen molar-refractivity contribution in [3.8, 4) is 0 Å². The molecule has 0 saturated heterocycles. The van der Waals surface area contributed by atoms with Gasteiger partial charge in [0, 0.05) is 21.0 Å². The fraction of sp³-hybridized carbons (Fsp3) is 0.0476. The number of hydrogen-bond acceptors (Lipinski definition) is 2. The molecule has 2 aliphatic rings. The summed E-state index contributed by atoms with van der Waals surface area (Å²) in [4.78, 5) is 16.2. The third kappa shape index (κ3) is 2.70. The summed E-state index contributed by atoms with van der Waals surface area (Å²) >= 11 is 3.70. The van der Waals surface area contributed by atoms with Crippen LogP contribution in [0.15, 0.2) is 40.9 Å². The molecule has 0 amide bonds. The SMILES string of the molecule is Cc1c(Br)c2cc3ccc(cc4nc(cc5nc(cc1[nH]2)C=C5)C=C4)[nH]3. The van der Waals surface area contributed by atoms with Gasteiger partial charge in [0.2, 0.25) is 0 Å². The quantitative estimate of drug-likeness (QED) is 0.347. The van der Waals surface area contributed by atoms with E-state index in [1.807, 2.05) is 36.4 Å². The van der Waals surface area contributed by atoms with Crippen LogP contribution in [0.5, 0.6) is 0 Å². The van der Waals surface area contributed by atoms with Crippen LogP contribution in [0.4, 0.5) is 0 Å². The molecule has 0 spiro atoms. The minimum atomic E-state index is 0.908. The standard InChI is InChI=1S/C21H15BrN4/c1-12-19-10-17-6-4-15(24-17)8-13-2-3-14(23-13)9-16-5-7-18(25-16)11-20(26-19)21(12)22/h2-11,25-26H,1H3. The van der Waals surface area contributed by atoms with E-state index >= 15 is 0 Å². The van der Waals surface area contributed by atoms with Gasteiger partial charge in [0.25, 0.3) is 0 Å². The van der Waals surface area contributed by atoms with Gasteiger partial charge in [0.05, 0.1) is 28.3 Å². The Morgan fingerprint density at radius 3 is 1.96 bits per heavy atom. The lowest BCUT2D eigenvalue weighted by molar-refractivity contribution is 1.27. The van der Waals surface area contributed by atoms with E-state index in [1.54, 1.807) is 0 Å². The van der Waals surface area contributed by atoms with E-state index in [0.29, 0.717) is 0 Å². The summed E-state index contributed by atoms with van der Waals surface area (Å²) in [6.07, 6.45) is 8.06. The Morgan fingerprint density at radius 1 is 0.692 bits per heavy atom. The molecule has 3 aromatic rings. The Labute approximate surface area is 158 Å². The van der Waals surface area contributed by atoms with Crippen LogP contribution in [0.2, 0.25) is 0 Å². The van der Waals surface area contributed by atoms with Crippen molar-refractivity contribution in [2.45, 2.75) is 6.92 Å². The molecule has 0 aliphatic carbocycles. The molecule has 0 aromatic carbocycles. The molecule has 4 nitrogen and oxygen atoms in total. The first-order valence-corrected chi connectivity index (χ1v) is 9.17. The fourth-order valence-corrected chi connectivity index (χ4v) is 3.61. The molecular weight excluding hydrogens is 388 g/mol. The summed E-state index contributed by atoms with van der Waals surface area (Å²) in [5.74, 6) is 0. The van der Waals surface area contributed by atoms with E-state index in [4.69, 9.17) is 0 Å². The topological polar surface area (TPSA) is 57.4 Å². The van der Waals surface area contributed by atoms with Crippen LogP contribution < -0.4 is 0 Å². The second-order valence-corrected chi connectivity index (χ2v) is 7.22. The van der Waals surface area contributed by atoms with Gasteiger partial charge in [-0.25, -0.2) is 9.97 Å². The van der Waals surface area contributed by atoms with Crippen LogP contribution in [-0.2, 0) is 0 Å². The molecule has 126 valence electrons. The first kappa shape index (κ1) is 15.3. The third-order valence-corrected chi connectivity index (χ3v) is 5.55. The highest BCUT2D eigenvalue weighted by molar-refractivity contribution is 9.10. The molecule has 2 aliphatic heterocycles. The third-order valence-electron chi connectivity index (χ3n) is 4.53. The summed E-state index contributed by atoms with van der Waals surface area (Å²) in [5.41, 5.74) is 8.96. The molecular formula is C21H15BrN4. The Kier molecular flexibility index (Phi) is 3.43. The van der Waals surface area contributed by atoms with Gasteiger partial charge in [0.15, 0.2) is 0 Å². The number of H-pyrrole nitrogens is 2. The summed E-state index contributed by atoms with van der Waals surface area (Å²) in [7, 11) is 0. The van der Waals surface area contributed by atoms with Crippen molar-refractivity contribution in [3.63, 3.8) is 0 Å².